The monoisotopic (exact) mass is 305 g/mol. The van der Waals surface area contributed by atoms with Crippen LogP contribution >= 0.6 is 34.2 Å². The van der Waals surface area contributed by atoms with Crippen LogP contribution in [0.25, 0.3) is 10.9 Å². The predicted molar refractivity (Wildman–Crippen MR) is 62.3 cm³/mol. The first-order chi connectivity index (χ1) is 6.16. The van der Waals surface area contributed by atoms with Crippen LogP contribution in [0.3, 0.4) is 0 Å². The largest absolute Gasteiger partial charge is 0.321 e. The first kappa shape index (κ1) is 9.02. The van der Waals surface area contributed by atoms with Crippen LogP contribution in [0.5, 0.6) is 0 Å². The average molecular weight is 306 g/mol. The van der Waals surface area contributed by atoms with Crippen molar-refractivity contribution in [3.8, 4) is 0 Å². The zero-order chi connectivity index (χ0) is 9.42. The molecule has 0 fully saturated rings. The molecule has 1 heterocycles. The summed E-state index contributed by atoms with van der Waals surface area (Å²) in [6, 6.07) is 7.46. The van der Waals surface area contributed by atoms with E-state index in [1.807, 2.05) is 18.2 Å². The maximum atomic E-state index is 11.1. The maximum Gasteiger partial charge on any atom is 0.267 e. The first-order valence-electron chi connectivity index (χ1n) is 3.65. The van der Waals surface area contributed by atoms with Gasteiger partial charge in [0.2, 0.25) is 0 Å². The number of nitrogens with one attached hydrogen (secondary N) is 1. The number of benzene rings is 1. The number of hydrogen-bond acceptors (Lipinski definition) is 1. The Morgan fingerprint density at radius 1 is 1.31 bits per heavy atom. The molecule has 1 aromatic carbocycles. The molecule has 13 heavy (non-hydrogen) atoms. The van der Waals surface area contributed by atoms with Gasteiger partial charge in [-0.25, -0.2) is 0 Å². The van der Waals surface area contributed by atoms with Gasteiger partial charge in [-0.1, -0.05) is 11.6 Å². The molecule has 0 unspecified atom stereocenters. The van der Waals surface area contributed by atoms with Crippen LogP contribution in [-0.4, -0.2) is 4.98 Å². The van der Waals surface area contributed by atoms with E-state index in [1.54, 1.807) is 6.07 Å². The second-order valence-electron chi connectivity index (χ2n) is 2.68. The summed E-state index contributed by atoms with van der Waals surface area (Å²) in [5.41, 5.74) is 0.574. The van der Waals surface area contributed by atoms with Crippen molar-refractivity contribution in [1.29, 1.82) is 0 Å². The smallest absolute Gasteiger partial charge is 0.267 e. The Labute approximate surface area is 93.1 Å². The summed E-state index contributed by atoms with van der Waals surface area (Å²) < 4.78 is 1.12. The van der Waals surface area contributed by atoms with Gasteiger partial charge in [-0.2, -0.15) is 0 Å². The lowest BCUT2D eigenvalue weighted by atomic mass is 10.2. The van der Waals surface area contributed by atoms with Crippen LogP contribution in [0.15, 0.2) is 29.1 Å². The minimum atomic E-state index is -0.240. The number of fused-ring (bicyclic) bond motifs is 1. The van der Waals surface area contributed by atoms with E-state index in [1.165, 1.54) is 0 Å². The molecule has 0 bridgehead atoms. The number of H-pyrrole nitrogens is 1. The van der Waals surface area contributed by atoms with Crippen LogP contribution < -0.4 is 5.56 Å². The van der Waals surface area contributed by atoms with Crippen molar-refractivity contribution in [1.82, 2.24) is 4.98 Å². The Morgan fingerprint density at radius 3 is 2.85 bits per heavy atom. The molecule has 0 aliphatic heterocycles. The summed E-state index contributed by atoms with van der Waals surface area (Å²) >= 11 is 7.91. The van der Waals surface area contributed by atoms with Crippen molar-refractivity contribution >= 4 is 45.1 Å². The zero-order valence-electron chi connectivity index (χ0n) is 6.47. The number of pyridine rings is 1. The van der Waals surface area contributed by atoms with Crippen molar-refractivity contribution < 1.29 is 0 Å². The van der Waals surface area contributed by atoms with Gasteiger partial charge < -0.3 is 4.98 Å². The van der Waals surface area contributed by atoms with E-state index in [4.69, 9.17) is 11.6 Å². The third-order valence-corrected chi connectivity index (χ3v) is 2.71. The molecule has 1 N–H and O–H groups in total. The molecule has 4 heteroatoms. The van der Waals surface area contributed by atoms with Crippen molar-refractivity contribution in [2.45, 2.75) is 0 Å². The maximum absolute atomic E-state index is 11.1. The second-order valence-corrected chi connectivity index (χ2v) is 4.33. The molecule has 1 aromatic heterocycles. The molecule has 66 valence electrons. The Hall–Kier alpha value is -0.550. The molecule has 0 amide bonds. The highest BCUT2D eigenvalue weighted by Gasteiger charge is 1.99. The lowest BCUT2D eigenvalue weighted by Gasteiger charge is -1.98. The fourth-order valence-corrected chi connectivity index (χ4v) is 1.83. The van der Waals surface area contributed by atoms with Crippen molar-refractivity contribution in [3.05, 3.63) is 43.2 Å². The minimum Gasteiger partial charge on any atom is -0.321 e. The van der Waals surface area contributed by atoms with Crippen molar-refractivity contribution in [2.24, 2.45) is 0 Å². The van der Waals surface area contributed by atoms with Gasteiger partial charge in [-0.05, 0) is 46.9 Å². The Bertz CT molecular complexity index is 520. The van der Waals surface area contributed by atoms with Gasteiger partial charge >= 0.3 is 0 Å². The van der Waals surface area contributed by atoms with Crippen molar-refractivity contribution in [2.75, 3.05) is 0 Å². The van der Waals surface area contributed by atoms with E-state index in [9.17, 15) is 4.79 Å². The van der Waals surface area contributed by atoms with E-state index >= 15 is 0 Å². The Kier molecular flexibility index (Phi) is 2.29. The van der Waals surface area contributed by atoms with Crippen molar-refractivity contribution in [3.63, 3.8) is 0 Å². The van der Waals surface area contributed by atoms with Crippen LogP contribution in [0.1, 0.15) is 0 Å². The molecule has 0 atom stereocenters. The molecule has 0 saturated heterocycles. The molecule has 0 aliphatic carbocycles. The number of aromatic amines is 1. The van der Waals surface area contributed by atoms with E-state index in [2.05, 4.69) is 27.6 Å². The molecular weight excluding hydrogens is 300 g/mol. The number of rotatable bonds is 0. The average Bonchev–Trinajstić information content (AvgIpc) is 2.08. The van der Waals surface area contributed by atoms with Gasteiger partial charge in [-0.15, -0.1) is 0 Å². The standard InChI is InChI=1S/C9H5ClINO/c10-7-4-5-3-6(11)1-2-8(5)12-9(7)13/h1-4H,(H,12,13). The minimum absolute atomic E-state index is 0.231. The fraction of sp³-hybridized carbons (Fsp3) is 0. The molecule has 2 nitrogen and oxygen atoms in total. The van der Waals surface area contributed by atoms with Crippen LogP contribution in [0.2, 0.25) is 5.02 Å². The molecule has 0 aliphatic rings. The van der Waals surface area contributed by atoms with Gasteiger partial charge in [-0.3, -0.25) is 4.79 Å². The predicted octanol–water partition coefficient (Wildman–Crippen LogP) is 2.79. The van der Waals surface area contributed by atoms with Gasteiger partial charge in [0, 0.05) is 14.5 Å². The fourth-order valence-electron chi connectivity index (χ4n) is 1.15. The highest BCUT2D eigenvalue weighted by atomic mass is 127. The van der Waals surface area contributed by atoms with Crippen LogP contribution in [0.4, 0.5) is 0 Å². The summed E-state index contributed by atoms with van der Waals surface area (Å²) in [6.45, 7) is 0. The highest BCUT2D eigenvalue weighted by molar-refractivity contribution is 14.1. The summed E-state index contributed by atoms with van der Waals surface area (Å²) in [5, 5.41) is 1.19. The van der Waals surface area contributed by atoms with E-state index in [0.29, 0.717) is 0 Å². The summed E-state index contributed by atoms with van der Waals surface area (Å²) in [6.07, 6.45) is 0. The van der Waals surface area contributed by atoms with Gasteiger partial charge in [0.05, 0.1) is 0 Å². The van der Waals surface area contributed by atoms with E-state index < -0.39 is 0 Å². The Morgan fingerprint density at radius 2 is 2.08 bits per heavy atom. The first-order valence-corrected chi connectivity index (χ1v) is 5.10. The topological polar surface area (TPSA) is 32.9 Å². The van der Waals surface area contributed by atoms with Gasteiger partial charge in [0.1, 0.15) is 5.02 Å². The third-order valence-electron chi connectivity index (χ3n) is 1.76. The van der Waals surface area contributed by atoms with E-state index in [0.717, 1.165) is 14.5 Å². The lowest BCUT2D eigenvalue weighted by Crippen LogP contribution is -2.05. The second kappa shape index (κ2) is 3.31. The molecule has 0 radical (unpaired) electrons. The van der Waals surface area contributed by atoms with Crippen LogP contribution in [-0.2, 0) is 0 Å². The van der Waals surface area contributed by atoms with Crippen LogP contribution in [0, 0.1) is 3.57 Å². The SMILES string of the molecule is O=c1[nH]c2ccc(I)cc2cc1Cl. The molecule has 2 aromatic rings. The van der Waals surface area contributed by atoms with Gasteiger partial charge in [0.25, 0.3) is 5.56 Å². The Balaban J connectivity index is 2.89. The quantitative estimate of drug-likeness (QED) is 0.746. The summed E-state index contributed by atoms with van der Waals surface area (Å²) in [7, 11) is 0. The zero-order valence-corrected chi connectivity index (χ0v) is 9.39. The normalized spacial score (nSPS) is 10.6. The molecule has 2 rings (SSSR count). The number of aromatic nitrogens is 1. The lowest BCUT2D eigenvalue weighted by molar-refractivity contribution is 1.31. The molecule has 0 saturated carbocycles. The number of halogens is 2. The molecule has 0 spiro atoms. The summed E-state index contributed by atoms with van der Waals surface area (Å²) in [4.78, 5) is 13.8. The van der Waals surface area contributed by atoms with Gasteiger partial charge in [0.15, 0.2) is 0 Å². The third kappa shape index (κ3) is 1.71. The summed E-state index contributed by atoms with van der Waals surface area (Å²) in [5.74, 6) is 0. The highest BCUT2D eigenvalue weighted by Crippen LogP contribution is 2.16. The number of hydrogen-bond donors (Lipinski definition) is 1. The molecular formula is C9H5ClINO. The van der Waals surface area contributed by atoms with E-state index in [-0.39, 0.29) is 10.6 Å².